The van der Waals surface area contributed by atoms with Crippen molar-refractivity contribution in [1.82, 2.24) is 5.32 Å². The summed E-state index contributed by atoms with van der Waals surface area (Å²) in [7, 11) is -1.97. The summed E-state index contributed by atoms with van der Waals surface area (Å²) in [6.07, 6.45) is 0.563. The molecular formula is C14H19ClN2O5S. The lowest BCUT2D eigenvalue weighted by atomic mass is 10.2. The third kappa shape index (κ3) is 4.49. The summed E-state index contributed by atoms with van der Waals surface area (Å²) in [6.45, 7) is 0.882. The van der Waals surface area contributed by atoms with E-state index in [0.29, 0.717) is 29.6 Å². The molecular weight excluding hydrogens is 344 g/mol. The Morgan fingerprint density at radius 1 is 1.52 bits per heavy atom. The molecule has 1 N–H and O–H groups in total. The highest BCUT2D eigenvalue weighted by Gasteiger charge is 2.31. The first-order valence-electron chi connectivity index (χ1n) is 7.03. The molecule has 1 aromatic carbocycles. The number of hydrogen-bond donors (Lipinski definition) is 1. The zero-order chi connectivity index (χ0) is 17.0. The molecule has 0 bridgehead atoms. The van der Waals surface area contributed by atoms with Gasteiger partial charge >= 0.3 is 0 Å². The molecule has 0 saturated carbocycles. The molecule has 128 valence electrons. The number of sulfonamides is 1. The van der Waals surface area contributed by atoms with Gasteiger partial charge in [0.1, 0.15) is 5.75 Å². The summed E-state index contributed by atoms with van der Waals surface area (Å²) in [4.78, 5) is 12.2. The lowest BCUT2D eigenvalue weighted by Crippen LogP contribution is -2.41. The number of fused-ring (bicyclic) bond motifs is 1. The minimum Gasteiger partial charge on any atom is -0.478 e. The molecule has 1 amide bonds. The van der Waals surface area contributed by atoms with Crippen LogP contribution < -0.4 is 14.4 Å². The number of benzene rings is 1. The van der Waals surface area contributed by atoms with Gasteiger partial charge in [0, 0.05) is 31.6 Å². The third-order valence-electron chi connectivity index (χ3n) is 3.35. The fourth-order valence-corrected chi connectivity index (χ4v) is 3.37. The number of hydrogen-bond acceptors (Lipinski definition) is 5. The van der Waals surface area contributed by atoms with E-state index in [1.165, 1.54) is 17.5 Å². The topological polar surface area (TPSA) is 84.9 Å². The van der Waals surface area contributed by atoms with E-state index in [-0.39, 0.29) is 18.9 Å². The maximum Gasteiger partial charge on any atom is 0.261 e. The minimum atomic E-state index is -3.51. The number of nitrogens with zero attached hydrogens (tertiary/aromatic N) is 1. The van der Waals surface area contributed by atoms with Gasteiger partial charge in [-0.05, 0) is 18.2 Å². The van der Waals surface area contributed by atoms with Crippen LogP contribution in [-0.4, -0.2) is 53.5 Å². The predicted molar refractivity (Wildman–Crippen MR) is 87.6 cm³/mol. The first-order chi connectivity index (χ1) is 10.8. The van der Waals surface area contributed by atoms with Crippen LogP contribution in [0.2, 0.25) is 5.02 Å². The Bertz CT molecular complexity index is 680. The van der Waals surface area contributed by atoms with Crippen LogP contribution in [0.1, 0.15) is 6.42 Å². The monoisotopic (exact) mass is 362 g/mol. The van der Waals surface area contributed by atoms with Gasteiger partial charge in [0.25, 0.3) is 5.91 Å². The van der Waals surface area contributed by atoms with Crippen LogP contribution in [0.15, 0.2) is 18.2 Å². The minimum absolute atomic E-state index is 0.133. The first kappa shape index (κ1) is 17.8. The average molecular weight is 363 g/mol. The smallest absolute Gasteiger partial charge is 0.261 e. The van der Waals surface area contributed by atoms with Gasteiger partial charge in [-0.25, -0.2) is 8.42 Å². The number of carbonyl (C=O) groups excluding carboxylic acids is 1. The van der Waals surface area contributed by atoms with Crippen molar-refractivity contribution in [3.05, 3.63) is 23.2 Å². The molecule has 0 fully saturated rings. The average Bonchev–Trinajstić information content (AvgIpc) is 2.66. The van der Waals surface area contributed by atoms with E-state index in [2.05, 4.69) is 5.32 Å². The number of rotatable bonds is 5. The van der Waals surface area contributed by atoms with E-state index in [1.807, 2.05) is 0 Å². The van der Waals surface area contributed by atoms with Gasteiger partial charge in [-0.3, -0.25) is 9.10 Å². The van der Waals surface area contributed by atoms with Crippen molar-refractivity contribution in [2.75, 3.05) is 37.4 Å². The van der Waals surface area contributed by atoms with E-state index in [9.17, 15) is 13.2 Å². The molecule has 1 heterocycles. The number of amides is 1. The van der Waals surface area contributed by atoms with Crippen LogP contribution in [-0.2, 0) is 19.6 Å². The number of anilines is 1. The molecule has 23 heavy (non-hydrogen) atoms. The van der Waals surface area contributed by atoms with Crippen LogP contribution in [0.3, 0.4) is 0 Å². The standard InChI is InChI=1S/C14H19ClN2O5S/c1-21-8-6-16-14(18)13-5-7-17(23(2,19)20)11-9-10(15)3-4-12(11)22-13/h3-4,9,13H,5-8H2,1-2H3,(H,16,18). The predicted octanol–water partition coefficient (Wildman–Crippen LogP) is 1.02. The second-order valence-corrected chi connectivity index (χ2v) is 7.47. The largest absolute Gasteiger partial charge is 0.478 e. The van der Waals surface area contributed by atoms with Crippen molar-refractivity contribution in [2.45, 2.75) is 12.5 Å². The second-order valence-electron chi connectivity index (χ2n) is 5.13. The van der Waals surface area contributed by atoms with Crippen LogP contribution >= 0.6 is 11.6 Å². The van der Waals surface area contributed by atoms with Crippen molar-refractivity contribution in [1.29, 1.82) is 0 Å². The lowest BCUT2D eigenvalue weighted by molar-refractivity contribution is -0.128. The van der Waals surface area contributed by atoms with Crippen molar-refractivity contribution in [3.63, 3.8) is 0 Å². The van der Waals surface area contributed by atoms with E-state index in [1.54, 1.807) is 12.1 Å². The first-order valence-corrected chi connectivity index (χ1v) is 9.26. The number of halogens is 1. The van der Waals surface area contributed by atoms with Gasteiger partial charge in [-0.1, -0.05) is 11.6 Å². The third-order valence-corrected chi connectivity index (χ3v) is 4.77. The molecule has 9 heteroatoms. The molecule has 1 aliphatic rings. The zero-order valence-corrected chi connectivity index (χ0v) is 14.5. The molecule has 0 spiro atoms. The van der Waals surface area contributed by atoms with Crippen molar-refractivity contribution < 1.29 is 22.7 Å². The van der Waals surface area contributed by atoms with Crippen molar-refractivity contribution in [3.8, 4) is 5.75 Å². The molecule has 0 aromatic heterocycles. The Kier molecular flexibility index (Phi) is 5.72. The summed E-state index contributed by atoms with van der Waals surface area (Å²) in [5.74, 6) is 0.00233. The van der Waals surface area contributed by atoms with Crippen molar-refractivity contribution in [2.24, 2.45) is 0 Å². The van der Waals surface area contributed by atoms with Crippen LogP contribution in [0.5, 0.6) is 5.75 Å². The normalized spacial score (nSPS) is 17.9. The van der Waals surface area contributed by atoms with E-state index >= 15 is 0 Å². The van der Waals surface area contributed by atoms with E-state index < -0.39 is 16.1 Å². The Balaban J connectivity index is 2.26. The Morgan fingerprint density at radius 3 is 2.91 bits per heavy atom. The van der Waals surface area contributed by atoms with Gasteiger partial charge < -0.3 is 14.8 Å². The Morgan fingerprint density at radius 2 is 2.26 bits per heavy atom. The Hall–Kier alpha value is -1.51. The maximum absolute atomic E-state index is 12.2. The fourth-order valence-electron chi connectivity index (χ4n) is 2.27. The summed E-state index contributed by atoms with van der Waals surface area (Å²) < 4.78 is 35.8. The molecule has 2 rings (SSSR count). The highest BCUT2D eigenvalue weighted by molar-refractivity contribution is 7.92. The quantitative estimate of drug-likeness (QED) is 0.790. The van der Waals surface area contributed by atoms with Crippen LogP contribution in [0, 0.1) is 0 Å². The van der Waals surface area contributed by atoms with Gasteiger partial charge in [-0.2, -0.15) is 0 Å². The van der Waals surface area contributed by atoms with E-state index in [0.717, 1.165) is 6.26 Å². The molecule has 0 aliphatic carbocycles. The summed E-state index contributed by atoms with van der Waals surface area (Å²) >= 11 is 5.96. The molecule has 1 aliphatic heterocycles. The van der Waals surface area contributed by atoms with E-state index in [4.69, 9.17) is 21.1 Å². The van der Waals surface area contributed by atoms with Gasteiger partial charge in [0.15, 0.2) is 6.10 Å². The molecule has 0 saturated heterocycles. The number of nitrogens with one attached hydrogen (secondary N) is 1. The van der Waals surface area contributed by atoms with Crippen molar-refractivity contribution >= 4 is 33.2 Å². The second kappa shape index (κ2) is 7.37. The number of methoxy groups -OCH3 is 1. The number of ether oxygens (including phenoxy) is 2. The summed E-state index contributed by atoms with van der Waals surface area (Å²) in [5, 5.41) is 3.09. The highest BCUT2D eigenvalue weighted by atomic mass is 35.5. The molecule has 1 atom stereocenters. The van der Waals surface area contributed by atoms with Gasteiger partial charge in [0.05, 0.1) is 18.6 Å². The molecule has 7 nitrogen and oxygen atoms in total. The summed E-state index contributed by atoms with van der Waals surface area (Å²) in [6, 6.07) is 4.67. The highest BCUT2D eigenvalue weighted by Crippen LogP contribution is 2.36. The van der Waals surface area contributed by atoms with Crippen LogP contribution in [0.4, 0.5) is 5.69 Å². The van der Waals surface area contributed by atoms with Gasteiger partial charge in [-0.15, -0.1) is 0 Å². The lowest BCUT2D eigenvalue weighted by Gasteiger charge is -2.21. The molecule has 0 radical (unpaired) electrons. The molecule has 1 aromatic rings. The molecule has 1 unspecified atom stereocenters. The van der Waals surface area contributed by atoms with Crippen LogP contribution in [0.25, 0.3) is 0 Å². The van der Waals surface area contributed by atoms with Gasteiger partial charge in [0.2, 0.25) is 10.0 Å². The zero-order valence-electron chi connectivity index (χ0n) is 12.9. The number of carbonyl (C=O) groups is 1. The Labute approximate surface area is 140 Å². The summed E-state index contributed by atoms with van der Waals surface area (Å²) in [5.41, 5.74) is 0.340. The maximum atomic E-state index is 12.2. The SMILES string of the molecule is COCCNC(=O)C1CCN(S(C)(=O)=O)c2cc(Cl)ccc2O1. The fraction of sp³-hybridized carbons (Fsp3) is 0.500.